The molecular weight excluding hydrogens is 224 g/mol. The molecule has 0 saturated carbocycles. The first-order valence-electron chi connectivity index (χ1n) is 7.29. The second-order valence-electron chi connectivity index (χ2n) is 4.94. The Morgan fingerprint density at radius 2 is 1.28 bits per heavy atom. The fourth-order valence-corrected chi connectivity index (χ4v) is 1.88. The largest absolute Gasteiger partial charge is 0.369 e. The number of nitrogens with two attached hydrogens (primary N) is 2. The summed E-state index contributed by atoms with van der Waals surface area (Å²) in [6.45, 7) is 4.23. The molecule has 0 aliphatic rings. The Bertz CT molecular complexity index is 242. The molecule has 0 radical (unpaired) electrons. The van der Waals surface area contributed by atoms with Crippen LogP contribution in [0.15, 0.2) is 10.2 Å². The number of hydrogen-bond acceptors (Lipinski definition) is 2. The maximum absolute atomic E-state index is 5.21. The molecular formula is C14H30N4. The molecule has 0 heterocycles. The van der Waals surface area contributed by atoms with Gasteiger partial charge < -0.3 is 11.5 Å². The molecule has 4 nitrogen and oxygen atoms in total. The number of rotatable bonds is 11. The highest BCUT2D eigenvalue weighted by Crippen LogP contribution is 2.10. The van der Waals surface area contributed by atoms with E-state index in [1.165, 1.54) is 57.8 Å². The Hall–Kier alpha value is -1.06. The average Bonchev–Trinajstić information content (AvgIpc) is 2.34. The van der Waals surface area contributed by atoms with Crippen LogP contribution in [0.3, 0.4) is 0 Å². The van der Waals surface area contributed by atoms with E-state index in [2.05, 4.69) is 17.1 Å². The minimum Gasteiger partial charge on any atom is -0.369 e. The smallest absolute Gasteiger partial charge is 0.211 e. The molecule has 0 rings (SSSR count). The predicted molar refractivity (Wildman–Crippen MR) is 80.8 cm³/mol. The van der Waals surface area contributed by atoms with E-state index in [4.69, 9.17) is 11.5 Å². The lowest BCUT2D eigenvalue weighted by atomic mass is 10.1. The van der Waals surface area contributed by atoms with E-state index >= 15 is 0 Å². The van der Waals surface area contributed by atoms with Crippen molar-refractivity contribution >= 4 is 11.7 Å². The number of unbranched alkanes of at least 4 members (excludes halogenated alkanes) is 8. The van der Waals surface area contributed by atoms with Crippen molar-refractivity contribution < 1.29 is 0 Å². The summed E-state index contributed by atoms with van der Waals surface area (Å²) in [5, 5.41) is 7.59. The van der Waals surface area contributed by atoms with E-state index in [-0.39, 0.29) is 5.96 Å². The van der Waals surface area contributed by atoms with Crippen LogP contribution < -0.4 is 11.5 Å². The van der Waals surface area contributed by atoms with Crippen molar-refractivity contribution in [2.75, 3.05) is 0 Å². The predicted octanol–water partition coefficient (Wildman–Crippen LogP) is 3.56. The Kier molecular flexibility index (Phi) is 11.7. The Balaban J connectivity index is 3.30. The van der Waals surface area contributed by atoms with Crippen molar-refractivity contribution in [1.29, 1.82) is 0 Å². The minimum atomic E-state index is 0.0291. The third kappa shape index (κ3) is 13.0. The first-order valence-corrected chi connectivity index (χ1v) is 7.29. The van der Waals surface area contributed by atoms with Gasteiger partial charge >= 0.3 is 0 Å². The Morgan fingerprint density at radius 1 is 0.778 bits per heavy atom. The molecule has 0 amide bonds. The van der Waals surface area contributed by atoms with Crippen molar-refractivity contribution in [1.82, 2.24) is 0 Å². The molecule has 0 spiro atoms. The summed E-state index contributed by atoms with van der Waals surface area (Å²) in [7, 11) is 0. The van der Waals surface area contributed by atoms with Gasteiger partial charge in [0.15, 0.2) is 0 Å². The molecule has 0 aromatic rings. The SMILES string of the molecule is CCCCCCCCCCCC(C)=NN=C(N)N. The summed E-state index contributed by atoms with van der Waals surface area (Å²) in [6.07, 6.45) is 13.1. The lowest BCUT2D eigenvalue weighted by Gasteiger charge is -2.01. The molecule has 0 saturated heterocycles. The van der Waals surface area contributed by atoms with E-state index in [9.17, 15) is 0 Å². The summed E-state index contributed by atoms with van der Waals surface area (Å²) in [5.74, 6) is 0.0291. The van der Waals surface area contributed by atoms with Crippen molar-refractivity contribution in [3.63, 3.8) is 0 Å². The highest BCUT2D eigenvalue weighted by Gasteiger charge is 1.94. The number of guanidine groups is 1. The van der Waals surface area contributed by atoms with Crippen LogP contribution in [0.4, 0.5) is 0 Å². The van der Waals surface area contributed by atoms with Gasteiger partial charge in [-0.05, 0) is 19.8 Å². The standard InChI is InChI=1S/C14H30N4/c1-3-4-5-6-7-8-9-10-11-12-13(2)17-18-14(15)16/h3-12H2,1-2H3,(H4,15,16,18). The van der Waals surface area contributed by atoms with Crippen molar-refractivity contribution in [2.24, 2.45) is 21.7 Å². The van der Waals surface area contributed by atoms with E-state index in [1.54, 1.807) is 0 Å². The van der Waals surface area contributed by atoms with E-state index in [0.717, 1.165) is 12.1 Å². The van der Waals surface area contributed by atoms with Gasteiger partial charge in [0.05, 0.1) is 0 Å². The van der Waals surface area contributed by atoms with Gasteiger partial charge in [-0.3, -0.25) is 0 Å². The quantitative estimate of drug-likeness (QED) is 0.256. The normalized spacial score (nSPS) is 11.6. The van der Waals surface area contributed by atoms with Crippen LogP contribution in [0.5, 0.6) is 0 Å². The Morgan fingerprint density at radius 3 is 1.78 bits per heavy atom. The lowest BCUT2D eigenvalue weighted by molar-refractivity contribution is 0.568. The minimum absolute atomic E-state index is 0.0291. The van der Waals surface area contributed by atoms with Crippen LogP contribution >= 0.6 is 0 Å². The number of hydrogen-bond donors (Lipinski definition) is 2. The monoisotopic (exact) mass is 254 g/mol. The van der Waals surface area contributed by atoms with Crippen molar-refractivity contribution in [3.05, 3.63) is 0 Å². The fourth-order valence-electron chi connectivity index (χ4n) is 1.88. The summed E-state index contributed by atoms with van der Waals surface area (Å²) in [4.78, 5) is 0. The summed E-state index contributed by atoms with van der Waals surface area (Å²) in [5.41, 5.74) is 11.4. The molecule has 0 aliphatic heterocycles. The van der Waals surface area contributed by atoms with E-state index in [1.807, 2.05) is 6.92 Å². The zero-order valence-corrected chi connectivity index (χ0v) is 12.1. The van der Waals surface area contributed by atoms with Crippen molar-refractivity contribution in [2.45, 2.75) is 78.1 Å². The van der Waals surface area contributed by atoms with Gasteiger partial charge in [-0.25, -0.2) is 0 Å². The van der Waals surface area contributed by atoms with Crippen LogP contribution in [-0.2, 0) is 0 Å². The maximum Gasteiger partial charge on any atom is 0.211 e. The van der Waals surface area contributed by atoms with E-state index < -0.39 is 0 Å². The zero-order chi connectivity index (χ0) is 13.6. The summed E-state index contributed by atoms with van der Waals surface area (Å²) in [6, 6.07) is 0. The topological polar surface area (TPSA) is 76.8 Å². The van der Waals surface area contributed by atoms with Gasteiger partial charge in [0.1, 0.15) is 0 Å². The molecule has 18 heavy (non-hydrogen) atoms. The number of nitrogens with zero attached hydrogens (tertiary/aromatic N) is 2. The van der Waals surface area contributed by atoms with Crippen LogP contribution in [0, 0.1) is 0 Å². The van der Waals surface area contributed by atoms with E-state index in [0.29, 0.717) is 0 Å². The second kappa shape index (κ2) is 12.4. The molecule has 4 heteroatoms. The molecule has 106 valence electrons. The molecule has 0 unspecified atom stereocenters. The van der Waals surface area contributed by atoms with Crippen LogP contribution in [0.2, 0.25) is 0 Å². The molecule has 0 bridgehead atoms. The maximum atomic E-state index is 5.21. The van der Waals surface area contributed by atoms with Crippen LogP contribution in [0.1, 0.15) is 78.1 Å². The lowest BCUT2D eigenvalue weighted by Crippen LogP contribution is -2.22. The molecule has 0 fully saturated rings. The first-order chi connectivity index (χ1) is 8.66. The van der Waals surface area contributed by atoms with Gasteiger partial charge in [-0.1, -0.05) is 58.3 Å². The highest BCUT2D eigenvalue weighted by atomic mass is 15.3. The highest BCUT2D eigenvalue weighted by molar-refractivity contribution is 5.83. The van der Waals surface area contributed by atoms with Gasteiger partial charge in [0.25, 0.3) is 0 Å². The zero-order valence-electron chi connectivity index (χ0n) is 12.1. The third-order valence-electron chi connectivity index (χ3n) is 2.98. The molecule has 0 aliphatic carbocycles. The van der Waals surface area contributed by atoms with Crippen molar-refractivity contribution in [3.8, 4) is 0 Å². The van der Waals surface area contributed by atoms with Gasteiger partial charge in [0, 0.05) is 5.71 Å². The van der Waals surface area contributed by atoms with Gasteiger partial charge in [-0.2, -0.15) is 5.10 Å². The third-order valence-corrected chi connectivity index (χ3v) is 2.98. The summed E-state index contributed by atoms with van der Waals surface area (Å²) < 4.78 is 0. The summed E-state index contributed by atoms with van der Waals surface area (Å²) >= 11 is 0. The Labute approximate surface area is 112 Å². The van der Waals surface area contributed by atoms with Crippen LogP contribution in [-0.4, -0.2) is 11.7 Å². The van der Waals surface area contributed by atoms with Crippen LogP contribution in [0.25, 0.3) is 0 Å². The first kappa shape index (κ1) is 16.9. The second-order valence-corrected chi connectivity index (χ2v) is 4.94. The van der Waals surface area contributed by atoms with Gasteiger partial charge in [-0.15, -0.1) is 5.10 Å². The average molecular weight is 254 g/mol. The molecule has 0 atom stereocenters. The molecule has 0 aromatic carbocycles. The fraction of sp³-hybridized carbons (Fsp3) is 0.857. The molecule has 0 aromatic heterocycles. The van der Waals surface area contributed by atoms with Gasteiger partial charge in [0.2, 0.25) is 5.96 Å². The molecule has 4 N–H and O–H groups in total.